The molecule has 21 heavy (non-hydrogen) atoms. The lowest BCUT2D eigenvalue weighted by Crippen LogP contribution is -2.38. The lowest BCUT2D eigenvalue weighted by atomic mass is 9.97. The van der Waals surface area contributed by atoms with E-state index in [1.165, 1.54) is 0 Å². The van der Waals surface area contributed by atoms with E-state index >= 15 is 0 Å². The Labute approximate surface area is 133 Å². The number of halogens is 1. The molecule has 0 saturated carbocycles. The quantitative estimate of drug-likeness (QED) is 0.847. The van der Waals surface area contributed by atoms with Gasteiger partial charge in [0, 0.05) is 19.1 Å². The first kappa shape index (κ1) is 18.0. The summed E-state index contributed by atoms with van der Waals surface area (Å²) in [6, 6.07) is 8.12. The van der Waals surface area contributed by atoms with Crippen molar-refractivity contribution >= 4 is 18.3 Å². The minimum absolute atomic E-state index is 0. The van der Waals surface area contributed by atoms with Crippen molar-refractivity contribution in [2.75, 3.05) is 19.7 Å². The molecule has 0 radical (unpaired) electrons. The van der Waals surface area contributed by atoms with Crippen LogP contribution >= 0.6 is 12.4 Å². The summed E-state index contributed by atoms with van der Waals surface area (Å²) in [6.45, 7) is 5.77. The molecule has 1 aliphatic heterocycles. The molecule has 1 amide bonds. The maximum atomic E-state index is 12.1. The standard InChI is InChI=1S/C16H24N2O2.ClH/c1-2-20-12-15-6-4-3-5-14(15)11-18-16(19)13-7-9-17-10-8-13;/h3-6,13,17H,2,7-12H2,1H3,(H,18,19);1H. The normalized spacial score (nSPS) is 15.3. The predicted octanol–water partition coefficient (Wildman–Crippen LogP) is 2.26. The van der Waals surface area contributed by atoms with E-state index < -0.39 is 0 Å². The summed E-state index contributed by atoms with van der Waals surface area (Å²) in [5.74, 6) is 0.341. The van der Waals surface area contributed by atoms with E-state index in [4.69, 9.17) is 4.74 Å². The number of amides is 1. The third kappa shape index (κ3) is 5.65. The van der Waals surface area contributed by atoms with Gasteiger partial charge in [-0.05, 0) is 44.0 Å². The summed E-state index contributed by atoms with van der Waals surface area (Å²) >= 11 is 0. The second-order valence-electron chi connectivity index (χ2n) is 5.15. The minimum atomic E-state index is 0. The summed E-state index contributed by atoms with van der Waals surface area (Å²) in [5, 5.41) is 6.34. The first-order valence-electron chi connectivity index (χ1n) is 7.44. The largest absolute Gasteiger partial charge is 0.377 e. The van der Waals surface area contributed by atoms with Gasteiger partial charge in [-0.3, -0.25) is 4.79 Å². The number of ether oxygens (including phenoxy) is 1. The molecule has 0 bridgehead atoms. The van der Waals surface area contributed by atoms with Gasteiger partial charge in [0.2, 0.25) is 5.91 Å². The molecule has 1 heterocycles. The number of rotatable bonds is 6. The van der Waals surface area contributed by atoms with Gasteiger partial charge in [0.05, 0.1) is 6.61 Å². The van der Waals surface area contributed by atoms with Crippen LogP contribution in [-0.4, -0.2) is 25.6 Å². The minimum Gasteiger partial charge on any atom is -0.377 e. The summed E-state index contributed by atoms with van der Waals surface area (Å²) in [4.78, 5) is 12.1. The molecule has 4 nitrogen and oxygen atoms in total. The molecule has 0 unspecified atom stereocenters. The van der Waals surface area contributed by atoms with Crippen LogP contribution in [0.1, 0.15) is 30.9 Å². The number of hydrogen-bond donors (Lipinski definition) is 2. The van der Waals surface area contributed by atoms with Gasteiger partial charge in [-0.2, -0.15) is 0 Å². The summed E-state index contributed by atoms with van der Waals surface area (Å²) in [7, 11) is 0. The maximum absolute atomic E-state index is 12.1. The fraction of sp³-hybridized carbons (Fsp3) is 0.562. The molecule has 1 saturated heterocycles. The number of nitrogens with one attached hydrogen (secondary N) is 2. The first-order valence-corrected chi connectivity index (χ1v) is 7.44. The van der Waals surface area contributed by atoms with Gasteiger partial charge in [0.15, 0.2) is 0 Å². The zero-order valence-corrected chi connectivity index (χ0v) is 13.4. The zero-order valence-electron chi connectivity index (χ0n) is 12.6. The van der Waals surface area contributed by atoms with E-state index in [0.717, 1.165) is 37.1 Å². The molecule has 0 aliphatic carbocycles. The highest BCUT2D eigenvalue weighted by molar-refractivity contribution is 5.85. The van der Waals surface area contributed by atoms with Crippen LogP contribution in [0, 0.1) is 5.92 Å². The molecule has 0 atom stereocenters. The molecule has 1 aromatic carbocycles. The van der Waals surface area contributed by atoms with E-state index in [9.17, 15) is 4.79 Å². The Hall–Kier alpha value is -1.10. The molecule has 1 aromatic rings. The van der Waals surface area contributed by atoms with Crippen LogP contribution in [0.25, 0.3) is 0 Å². The van der Waals surface area contributed by atoms with Gasteiger partial charge >= 0.3 is 0 Å². The molecular weight excluding hydrogens is 288 g/mol. The Morgan fingerprint density at radius 3 is 2.62 bits per heavy atom. The van der Waals surface area contributed by atoms with E-state index in [1.807, 2.05) is 19.1 Å². The highest BCUT2D eigenvalue weighted by Gasteiger charge is 2.20. The maximum Gasteiger partial charge on any atom is 0.223 e. The Bertz CT molecular complexity index is 434. The van der Waals surface area contributed by atoms with Gasteiger partial charge in [-0.25, -0.2) is 0 Å². The SMILES string of the molecule is CCOCc1ccccc1CNC(=O)C1CCNCC1.Cl. The van der Waals surface area contributed by atoms with Crippen molar-refractivity contribution in [2.24, 2.45) is 5.92 Å². The molecule has 1 aliphatic rings. The van der Waals surface area contributed by atoms with Crippen molar-refractivity contribution in [3.05, 3.63) is 35.4 Å². The van der Waals surface area contributed by atoms with E-state index in [1.54, 1.807) is 0 Å². The highest BCUT2D eigenvalue weighted by Crippen LogP contribution is 2.13. The van der Waals surface area contributed by atoms with Crippen LogP contribution in [0.4, 0.5) is 0 Å². The molecular formula is C16H25ClN2O2. The predicted molar refractivity (Wildman–Crippen MR) is 86.5 cm³/mol. The zero-order chi connectivity index (χ0) is 14.2. The second kappa shape index (κ2) is 9.77. The average molecular weight is 313 g/mol. The molecule has 5 heteroatoms. The van der Waals surface area contributed by atoms with Crippen molar-refractivity contribution in [3.8, 4) is 0 Å². The van der Waals surface area contributed by atoms with E-state index in [-0.39, 0.29) is 24.2 Å². The van der Waals surface area contributed by atoms with Gasteiger partial charge in [-0.15, -0.1) is 12.4 Å². The number of carbonyl (C=O) groups is 1. The molecule has 2 N–H and O–H groups in total. The third-order valence-corrected chi connectivity index (χ3v) is 3.74. The Morgan fingerprint density at radius 2 is 1.95 bits per heavy atom. The fourth-order valence-electron chi connectivity index (χ4n) is 2.49. The lowest BCUT2D eigenvalue weighted by molar-refractivity contribution is -0.125. The summed E-state index contributed by atoms with van der Waals surface area (Å²) in [5.41, 5.74) is 2.29. The third-order valence-electron chi connectivity index (χ3n) is 3.74. The number of hydrogen-bond acceptors (Lipinski definition) is 3. The smallest absolute Gasteiger partial charge is 0.223 e. The van der Waals surface area contributed by atoms with Crippen LogP contribution in [-0.2, 0) is 22.7 Å². The van der Waals surface area contributed by atoms with E-state index in [2.05, 4.69) is 22.8 Å². The van der Waals surface area contributed by atoms with Crippen molar-refractivity contribution in [2.45, 2.75) is 32.9 Å². The van der Waals surface area contributed by atoms with Crippen molar-refractivity contribution in [3.63, 3.8) is 0 Å². The second-order valence-corrected chi connectivity index (χ2v) is 5.15. The average Bonchev–Trinajstić information content (AvgIpc) is 2.52. The van der Waals surface area contributed by atoms with Gasteiger partial charge in [0.1, 0.15) is 0 Å². The van der Waals surface area contributed by atoms with Gasteiger partial charge < -0.3 is 15.4 Å². The van der Waals surface area contributed by atoms with Crippen LogP contribution in [0.15, 0.2) is 24.3 Å². The molecule has 0 spiro atoms. The van der Waals surface area contributed by atoms with Crippen molar-refractivity contribution in [1.29, 1.82) is 0 Å². The molecule has 2 rings (SSSR count). The van der Waals surface area contributed by atoms with Crippen LogP contribution in [0.3, 0.4) is 0 Å². The molecule has 1 fully saturated rings. The van der Waals surface area contributed by atoms with Crippen molar-refractivity contribution < 1.29 is 9.53 Å². The number of carbonyl (C=O) groups excluding carboxylic acids is 1. The summed E-state index contributed by atoms with van der Waals surface area (Å²) in [6.07, 6.45) is 1.87. The van der Waals surface area contributed by atoms with Gasteiger partial charge in [-0.1, -0.05) is 24.3 Å². The summed E-state index contributed by atoms with van der Waals surface area (Å²) < 4.78 is 5.46. The fourth-order valence-corrected chi connectivity index (χ4v) is 2.49. The van der Waals surface area contributed by atoms with Crippen LogP contribution in [0.2, 0.25) is 0 Å². The Morgan fingerprint density at radius 1 is 1.29 bits per heavy atom. The molecule has 118 valence electrons. The van der Waals surface area contributed by atoms with E-state index in [0.29, 0.717) is 19.8 Å². The van der Waals surface area contributed by atoms with Crippen molar-refractivity contribution in [1.82, 2.24) is 10.6 Å². The lowest BCUT2D eigenvalue weighted by Gasteiger charge is -2.22. The Kier molecular flexibility index (Phi) is 8.35. The number of benzene rings is 1. The monoisotopic (exact) mass is 312 g/mol. The van der Waals surface area contributed by atoms with Gasteiger partial charge in [0.25, 0.3) is 0 Å². The molecule has 0 aromatic heterocycles. The Balaban J connectivity index is 0.00000220. The van der Waals surface area contributed by atoms with Crippen LogP contribution in [0.5, 0.6) is 0 Å². The topological polar surface area (TPSA) is 50.4 Å². The first-order chi connectivity index (χ1) is 9.81. The van der Waals surface area contributed by atoms with Crippen LogP contribution < -0.4 is 10.6 Å². The number of piperidine rings is 1. The highest BCUT2D eigenvalue weighted by atomic mass is 35.5.